The Morgan fingerprint density at radius 2 is 2.33 bits per heavy atom. The van der Waals surface area contributed by atoms with E-state index in [2.05, 4.69) is 9.97 Å². The molecule has 0 saturated carbocycles. The van der Waals surface area contributed by atoms with Gasteiger partial charge < -0.3 is 10.1 Å². The van der Waals surface area contributed by atoms with Crippen molar-refractivity contribution in [3.8, 4) is 0 Å². The fourth-order valence-corrected chi connectivity index (χ4v) is 1.15. The number of aryl methyl sites for hydroxylation is 2. The van der Waals surface area contributed by atoms with Crippen molar-refractivity contribution >= 4 is 5.97 Å². The van der Waals surface area contributed by atoms with Crippen LogP contribution in [0, 0.1) is 6.92 Å². The molecule has 4 nitrogen and oxygen atoms in total. The van der Waals surface area contributed by atoms with Crippen LogP contribution in [0.1, 0.15) is 35.4 Å². The maximum Gasteiger partial charge on any atom is 0.356 e. The summed E-state index contributed by atoms with van der Waals surface area (Å²) >= 11 is 0. The fraction of sp³-hybridized carbons (Fsp3) is 0.500. The first kappa shape index (κ1) is 8.77. The molecule has 0 aliphatic heterocycles. The Bertz CT molecular complexity index is 291. The fourth-order valence-electron chi connectivity index (χ4n) is 1.15. The van der Waals surface area contributed by atoms with Crippen LogP contribution in [-0.2, 0) is 6.42 Å². The maximum absolute atomic E-state index is 10.6. The molecule has 66 valence electrons. The number of nitrogens with one attached hydrogen (secondary N) is 1. The molecule has 4 heteroatoms. The van der Waals surface area contributed by atoms with Crippen molar-refractivity contribution in [2.45, 2.75) is 26.7 Å². The van der Waals surface area contributed by atoms with E-state index in [1.807, 2.05) is 6.92 Å². The lowest BCUT2D eigenvalue weighted by atomic mass is 10.2. The van der Waals surface area contributed by atoms with E-state index in [0.717, 1.165) is 18.5 Å². The molecule has 0 amide bonds. The van der Waals surface area contributed by atoms with E-state index < -0.39 is 5.97 Å². The molecular formula is C8H12N2O2. The normalized spacial score (nSPS) is 10.2. The zero-order valence-electron chi connectivity index (χ0n) is 7.22. The molecule has 1 rings (SSSR count). The zero-order valence-corrected chi connectivity index (χ0v) is 7.22. The average molecular weight is 168 g/mol. The highest BCUT2D eigenvalue weighted by Gasteiger charge is 2.13. The standard InChI is InChI=1S/C8H12N2O2/c1-3-4-6-7(8(11)12)10-5(2)9-6/h3-4H2,1-2H3,(H,9,10)(H,11,12). The summed E-state index contributed by atoms with van der Waals surface area (Å²) in [5.74, 6) is -0.293. The molecule has 0 bridgehead atoms. The second-order valence-corrected chi connectivity index (χ2v) is 2.70. The second-order valence-electron chi connectivity index (χ2n) is 2.70. The van der Waals surface area contributed by atoms with Gasteiger partial charge in [0.2, 0.25) is 0 Å². The Balaban J connectivity index is 2.99. The number of imidazole rings is 1. The van der Waals surface area contributed by atoms with Crippen LogP contribution in [0.15, 0.2) is 0 Å². The van der Waals surface area contributed by atoms with Crippen LogP contribution < -0.4 is 0 Å². The lowest BCUT2D eigenvalue weighted by Gasteiger charge is -1.93. The molecule has 0 spiro atoms. The lowest BCUT2D eigenvalue weighted by Crippen LogP contribution is -2.01. The van der Waals surface area contributed by atoms with Gasteiger partial charge in [-0.1, -0.05) is 13.3 Å². The molecule has 12 heavy (non-hydrogen) atoms. The predicted octanol–water partition coefficient (Wildman–Crippen LogP) is 1.37. The van der Waals surface area contributed by atoms with E-state index in [1.165, 1.54) is 0 Å². The minimum atomic E-state index is -0.956. The van der Waals surface area contributed by atoms with Crippen molar-refractivity contribution in [2.75, 3.05) is 0 Å². The van der Waals surface area contributed by atoms with E-state index in [4.69, 9.17) is 5.11 Å². The zero-order chi connectivity index (χ0) is 9.14. The molecule has 0 atom stereocenters. The molecule has 1 heterocycles. The minimum absolute atomic E-state index is 0.161. The molecular weight excluding hydrogens is 156 g/mol. The number of nitrogens with zero attached hydrogens (tertiary/aromatic N) is 1. The number of carboxylic acids is 1. The van der Waals surface area contributed by atoms with Crippen LogP contribution in [0.4, 0.5) is 0 Å². The number of hydrogen-bond acceptors (Lipinski definition) is 2. The van der Waals surface area contributed by atoms with Crippen molar-refractivity contribution in [3.05, 3.63) is 17.2 Å². The summed E-state index contributed by atoms with van der Waals surface area (Å²) in [7, 11) is 0. The van der Waals surface area contributed by atoms with E-state index in [0.29, 0.717) is 5.82 Å². The minimum Gasteiger partial charge on any atom is -0.476 e. The van der Waals surface area contributed by atoms with Gasteiger partial charge in [-0.2, -0.15) is 0 Å². The van der Waals surface area contributed by atoms with Gasteiger partial charge in [0.05, 0.1) is 0 Å². The van der Waals surface area contributed by atoms with Gasteiger partial charge in [-0.3, -0.25) is 0 Å². The van der Waals surface area contributed by atoms with Crippen LogP contribution in [0.25, 0.3) is 0 Å². The van der Waals surface area contributed by atoms with Gasteiger partial charge in [-0.05, 0) is 13.3 Å². The first-order valence-electron chi connectivity index (χ1n) is 3.94. The van der Waals surface area contributed by atoms with Crippen molar-refractivity contribution in [2.24, 2.45) is 0 Å². The molecule has 0 aliphatic rings. The SMILES string of the molecule is CCCc1[nH]c(C)nc1C(=O)O. The molecule has 0 unspecified atom stereocenters. The quantitative estimate of drug-likeness (QED) is 0.716. The Morgan fingerprint density at radius 1 is 1.67 bits per heavy atom. The third-order valence-electron chi connectivity index (χ3n) is 1.60. The average Bonchev–Trinajstić information content (AvgIpc) is 2.32. The van der Waals surface area contributed by atoms with E-state index in [1.54, 1.807) is 6.92 Å². The largest absolute Gasteiger partial charge is 0.476 e. The van der Waals surface area contributed by atoms with Crippen molar-refractivity contribution in [1.29, 1.82) is 0 Å². The summed E-state index contributed by atoms with van der Waals surface area (Å²) in [6.07, 6.45) is 1.66. The highest BCUT2D eigenvalue weighted by atomic mass is 16.4. The van der Waals surface area contributed by atoms with Crippen molar-refractivity contribution in [1.82, 2.24) is 9.97 Å². The van der Waals surface area contributed by atoms with Crippen molar-refractivity contribution in [3.63, 3.8) is 0 Å². The van der Waals surface area contributed by atoms with Gasteiger partial charge in [0.1, 0.15) is 5.82 Å². The third kappa shape index (κ3) is 1.64. The highest BCUT2D eigenvalue weighted by Crippen LogP contribution is 2.07. The van der Waals surface area contributed by atoms with Gasteiger partial charge in [-0.25, -0.2) is 9.78 Å². The summed E-state index contributed by atoms with van der Waals surface area (Å²) in [6.45, 7) is 3.76. The number of carbonyl (C=O) groups is 1. The van der Waals surface area contributed by atoms with Gasteiger partial charge >= 0.3 is 5.97 Å². The number of carboxylic acid groups (broad SMARTS) is 1. The summed E-state index contributed by atoms with van der Waals surface area (Å²) < 4.78 is 0. The van der Waals surface area contributed by atoms with E-state index in [9.17, 15) is 4.79 Å². The van der Waals surface area contributed by atoms with Gasteiger partial charge in [0.15, 0.2) is 5.69 Å². The third-order valence-corrected chi connectivity index (χ3v) is 1.60. The van der Waals surface area contributed by atoms with E-state index >= 15 is 0 Å². The van der Waals surface area contributed by atoms with Crippen molar-refractivity contribution < 1.29 is 9.90 Å². The molecule has 0 radical (unpaired) electrons. The monoisotopic (exact) mass is 168 g/mol. The Hall–Kier alpha value is -1.32. The highest BCUT2D eigenvalue weighted by molar-refractivity contribution is 5.86. The van der Waals surface area contributed by atoms with Crippen LogP contribution in [0.3, 0.4) is 0 Å². The number of rotatable bonds is 3. The Kier molecular flexibility index (Phi) is 2.47. The molecule has 2 N–H and O–H groups in total. The molecule has 0 aliphatic carbocycles. The first-order chi connectivity index (χ1) is 5.65. The smallest absolute Gasteiger partial charge is 0.356 e. The lowest BCUT2D eigenvalue weighted by molar-refractivity contribution is 0.0689. The van der Waals surface area contributed by atoms with Gasteiger partial charge in [0, 0.05) is 5.69 Å². The summed E-state index contributed by atoms with van der Waals surface area (Å²) in [5, 5.41) is 8.72. The van der Waals surface area contributed by atoms with E-state index in [-0.39, 0.29) is 5.69 Å². The number of aromatic carboxylic acids is 1. The summed E-state index contributed by atoms with van der Waals surface area (Å²) in [5.41, 5.74) is 0.886. The molecule has 0 aromatic carbocycles. The number of aromatic amines is 1. The van der Waals surface area contributed by atoms with Gasteiger partial charge in [0.25, 0.3) is 0 Å². The number of hydrogen-bond donors (Lipinski definition) is 2. The summed E-state index contributed by atoms with van der Waals surface area (Å²) in [6, 6.07) is 0. The second kappa shape index (κ2) is 3.38. The Morgan fingerprint density at radius 3 is 2.83 bits per heavy atom. The Labute approximate surface area is 70.6 Å². The van der Waals surface area contributed by atoms with Crippen LogP contribution >= 0.6 is 0 Å². The molecule has 0 fully saturated rings. The first-order valence-corrected chi connectivity index (χ1v) is 3.94. The van der Waals surface area contributed by atoms with Crippen LogP contribution in [0.5, 0.6) is 0 Å². The molecule has 1 aromatic heterocycles. The van der Waals surface area contributed by atoms with Crippen LogP contribution in [0.2, 0.25) is 0 Å². The number of aromatic nitrogens is 2. The predicted molar refractivity (Wildman–Crippen MR) is 44.3 cm³/mol. The molecule has 1 aromatic rings. The molecule has 0 saturated heterocycles. The topological polar surface area (TPSA) is 66.0 Å². The van der Waals surface area contributed by atoms with Crippen LogP contribution in [-0.4, -0.2) is 21.0 Å². The number of H-pyrrole nitrogens is 1. The summed E-state index contributed by atoms with van der Waals surface area (Å²) in [4.78, 5) is 17.4. The van der Waals surface area contributed by atoms with Gasteiger partial charge in [-0.15, -0.1) is 0 Å². The maximum atomic E-state index is 10.6.